The van der Waals surface area contributed by atoms with Crippen LogP contribution in [0.2, 0.25) is 0 Å². The van der Waals surface area contributed by atoms with Gasteiger partial charge in [-0.2, -0.15) is 26.3 Å². The molecule has 0 N–H and O–H groups in total. The van der Waals surface area contributed by atoms with Crippen molar-refractivity contribution in [1.29, 1.82) is 0 Å². The molecule has 2 aromatic rings. The van der Waals surface area contributed by atoms with Crippen molar-refractivity contribution >= 4 is 23.9 Å². The first-order valence-electron chi connectivity index (χ1n) is 8.24. The summed E-state index contributed by atoms with van der Waals surface area (Å²) in [6.45, 7) is 0. The molecule has 0 spiro atoms. The summed E-state index contributed by atoms with van der Waals surface area (Å²) in [5.41, 5.74) is -10.1. The van der Waals surface area contributed by atoms with E-state index in [2.05, 4.69) is 9.47 Å². The summed E-state index contributed by atoms with van der Waals surface area (Å²) in [5, 5.41) is 0. The normalized spacial score (nSPS) is 16.2. The summed E-state index contributed by atoms with van der Waals surface area (Å²) in [4.78, 5) is 46.5. The standard InChI is InChI=1S/C19H6F6O6/c20-18(21,22)17(19(23,24)25,7-1-3-9-11(5-7)15(28)30-13(9)26)8-2-4-10-12(6-8)16(29)31-14(10)27/h1-6H. The summed E-state index contributed by atoms with van der Waals surface area (Å²) in [7, 11) is 0. The van der Waals surface area contributed by atoms with Crippen LogP contribution >= 0.6 is 0 Å². The summed E-state index contributed by atoms with van der Waals surface area (Å²) < 4.78 is 93.7. The van der Waals surface area contributed by atoms with E-state index in [1.807, 2.05) is 0 Å². The zero-order valence-corrected chi connectivity index (χ0v) is 14.7. The summed E-state index contributed by atoms with van der Waals surface area (Å²) >= 11 is 0. The Morgan fingerprint density at radius 3 is 1.16 bits per heavy atom. The predicted molar refractivity (Wildman–Crippen MR) is 85.3 cm³/mol. The molecule has 12 heteroatoms. The third-order valence-corrected chi connectivity index (χ3v) is 5.01. The molecule has 0 bridgehead atoms. The number of esters is 4. The van der Waals surface area contributed by atoms with E-state index in [1.54, 1.807) is 0 Å². The lowest BCUT2D eigenvalue weighted by Crippen LogP contribution is -2.55. The number of cyclic esters (lactones) is 4. The van der Waals surface area contributed by atoms with Crippen LogP contribution in [0.1, 0.15) is 52.6 Å². The number of fused-ring (bicyclic) bond motifs is 2. The van der Waals surface area contributed by atoms with Gasteiger partial charge in [0.25, 0.3) is 0 Å². The fourth-order valence-electron chi connectivity index (χ4n) is 3.62. The molecule has 2 aliphatic heterocycles. The molecular weight excluding hydrogens is 438 g/mol. The van der Waals surface area contributed by atoms with Gasteiger partial charge in [0.15, 0.2) is 0 Å². The molecule has 0 radical (unpaired) electrons. The van der Waals surface area contributed by atoms with E-state index in [4.69, 9.17) is 0 Å². The Morgan fingerprint density at radius 1 is 0.516 bits per heavy atom. The molecule has 0 saturated carbocycles. The fraction of sp³-hybridized carbons (Fsp3) is 0.158. The van der Waals surface area contributed by atoms with Crippen LogP contribution in [-0.4, -0.2) is 36.2 Å². The lowest BCUT2D eigenvalue weighted by molar-refractivity contribution is -0.288. The van der Waals surface area contributed by atoms with Crippen LogP contribution in [0.25, 0.3) is 0 Å². The smallest absolute Gasteiger partial charge is 0.386 e. The van der Waals surface area contributed by atoms with Gasteiger partial charge in [-0.05, 0) is 35.4 Å². The minimum atomic E-state index is -6.02. The van der Waals surface area contributed by atoms with Gasteiger partial charge in [-0.1, -0.05) is 12.1 Å². The Balaban J connectivity index is 2.06. The average Bonchev–Trinajstić information content (AvgIpc) is 3.09. The van der Waals surface area contributed by atoms with Crippen molar-refractivity contribution in [2.75, 3.05) is 0 Å². The van der Waals surface area contributed by atoms with Gasteiger partial charge in [-0.15, -0.1) is 0 Å². The van der Waals surface area contributed by atoms with Crippen LogP contribution < -0.4 is 0 Å². The van der Waals surface area contributed by atoms with Gasteiger partial charge in [0.05, 0.1) is 22.3 Å². The Morgan fingerprint density at radius 2 is 0.839 bits per heavy atom. The third-order valence-electron chi connectivity index (χ3n) is 5.01. The van der Waals surface area contributed by atoms with Gasteiger partial charge in [-0.3, -0.25) is 0 Å². The number of hydrogen-bond acceptors (Lipinski definition) is 6. The van der Waals surface area contributed by atoms with Crippen LogP contribution in [-0.2, 0) is 14.9 Å². The second kappa shape index (κ2) is 6.15. The molecule has 0 atom stereocenters. The second-order valence-corrected chi connectivity index (χ2v) is 6.62. The lowest BCUT2D eigenvalue weighted by Gasteiger charge is -2.38. The van der Waals surface area contributed by atoms with E-state index < -0.39 is 75.0 Å². The number of hydrogen-bond donors (Lipinski definition) is 0. The van der Waals surface area contributed by atoms with Crippen LogP contribution in [0, 0.1) is 0 Å². The molecule has 160 valence electrons. The van der Waals surface area contributed by atoms with Crippen LogP contribution in [0.4, 0.5) is 26.3 Å². The molecule has 0 aliphatic carbocycles. The Kier molecular flexibility index (Phi) is 4.08. The van der Waals surface area contributed by atoms with E-state index in [0.717, 1.165) is 0 Å². The molecular formula is C19H6F6O6. The predicted octanol–water partition coefficient (Wildman–Crippen LogP) is 3.72. The highest BCUT2D eigenvalue weighted by Crippen LogP contribution is 2.56. The van der Waals surface area contributed by atoms with Crippen LogP contribution in [0.5, 0.6) is 0 Å². The van der Waals surface area contributed by atoms with E-state index in [9.17, 15) is 45.5 Å². The highest BCUT2D eigenvalue weighted by Gasteiger charge is 2.72. The molecule has 0 fully saturated rings. The van der Waals surface area contributed by atoms with Crippen molar-refractivity contribution < 1.29 is 55.0 Å². The fourth-order valence-corrected chi connectivity index (χ4v) is 3.62. The molecule has 0 aromatic heterocycles. The Hall–Kier alpha value is -3.70. The van der Waals surface area contributed by atoms with Crippen molar-refractivity contribution in [3.63, 3.8) is 0 Å². The van der Waals surface area contributed by atoms with Gasteiger partial charge >= 0.3 is 36.2 Å². The number of carbonyl (C=O) groups is 4. The number of ether oxygens (including phenoxy) is 2. The SMILES string of the molecule is O=C1OC(=O)c2cc(C(c3ccc4c(c3)C(=O)OC4=O)(C(F)(F)F)C(F)(F)F)ccc21. The average molecular weight is 444 g/mol. The first-order valence-corrected chi connectivity index (χ1v) is 8.24. The maximum Gasteiger partial charge on any atom is 0.411 e. The first-order chi connectivity index (χ1) is 14.3. The maximum atomic E-state index is 14.2. The van der Waals surface area contributed by atoms with Crippen molar-refractivity contribution in [2.45, 2.75) is 17.8 Å². The van der Waals surface area contributed by atoms with Crippen molar-refractivity contribution in [1.82, 2.24) is 0 Å². The first kappa shape index (κ1) is 20.6. The van der Waals surface area contributed by atoms with E-state index >= 15 is 0 Å². The molecule has 0 unspecified atom stereocenters. The molecule has 4 rings (SSSR count). The van der Waals surface area contributed by atoms with E-state index in [1.165, 1.54) is 0 Å². The highest BCUT2D eigenvalue weighted by atomic mass is 19.4. The molecule has 0 amide bonds. The number of alkyl halides is 6. The molecule has 31 heavy (non-hydrogen) atoms. The highest BCUT2D eigenvalue weighted by molar-refractivity contribution is 6.15. The molecule has 2 heterocycles. The minimum Gasteiger partial charge on any atom is -0.386 e. The summed E-state index contributed by atoms with van der Waals surface area (Å²) in [6, 6.07) is 2.60. The quantitative estimate of drug-likeness (QED) is 0.399. The van der Waals surface area contributed by atoms with E-state index in [0.29, 0.717) is 24.3 Å². The number of halogens is 6. The zero-order valence-electron chi connectivity index (χ0n) is 14.7. The van der Waals surface area contributed by atoms with Crippen LogP contribution in [0.3, 0.4) is 0 Å². The lowest BCUT2D eigenvalue weighted by atomic mass is 9.71. The monoisotopic (exact) mass is 444 g/mol. The zero-order chi connectivity index (χ0) is 22.9. The van der Waals surface area contributed by atoms with E-state index in [-0.39, 0.29) is 12.1 Å². The molecule has 0 saturated heterocycles. The number of carbonyl (C=O) groups excluding carboxylic acids is 4. The third kappa shape index (κ3) is 2.67. The van der Waals surface area contributed by atoms with Crippen molar-refractivity contribution in [3.05, 3.63) is 69.8 Å². The number of rotatable bonds is 2. The van der Waals surface area contributed by atoms with Crippen molar-refractivity contribution in [2.24, 2.45) is 0 Å². The van der Waals surface area contributed by atoms with Crippen LogP contribution in [0.15, 0.2) is 36.4 Å². The van der Waals surface area contributed by atoms with Gasteiger partial charge in [0.2, 0.25) is 5.41 Å². The van der Waals surface area contributed by atoms with Gasteiger partial charge in [0.1, 0.15) is 0 Å². The summed E-state index contributed by atoms with van der Waals surface area (Å²) in [6.07, 6.45) is -12.0. The largest absolute Gasteiger partial charge is 0.411 e. The molecule has 2 aliphatic rings. The van der Waals surface area contributed by atoms with Gasteiger partial charge < -0.3 is 9.47 Å². The minimum absolute atomic E-state index is 0.278. The Labute approximate surface area is 167 Å². The van der Waals surface area contributed by atoms with Gasteiger partial charge in [0, 0.05) is 0 Å². The summed E-state index contributed by atoms with van der Waals surface area (Å²) in [5.74, 6) is -5.23. The topological polar surface area (TPSA) is 86.7 Å². The Bertz CT molecular complexity index is 1100. The molecule has 6 nitrogen and oxygen atoms in total. The second-order valence-electron chi connectivity index (χ2n) is 6.62. The van der Waals surface area contributed by atoms with Gasteiger partial charge in [-0.25, -0.2) is 19.2 Å². The number of benzene rings is 2. The maximum absolute atomic E-state index is 14.2. The van der Waals surface area contributed by atoms with Crippen molar-refractivity contribution in [3.8, 4) is 0 Å². The molecule has 2 aromatic carbocycles.